The third-order valence-electron chi connectivity index (χ3n) is 5.06. The van der Waals surface area contributed by atoms with Gasteiger partial charge in [-0.05, 0) is 53.9 Å². The maximum atomic E-state index is 13.1. The summed E-state index contributed by atoms with van der Waals surface area (Å²) in [6.07, 6.45) is -3.23. The van der Waals surface area contributed by atoms with Gasteiger partial charge >= 0.3 is 6.18 Å². The monoisotopic (exact) mass is 499 g/mol. The second-order valence-corrected chi connectivity index (χ2v) is 7.80. The Labute approximate surface area is 202 Å². The van der Waals surface area contributed by atoms with Gasteiger partial charge in [0.2, 0.25) is 0 Å². The maximum Gasteiger partial charge on any atom is 0.417 e. The summed E-state index contributed by atoms with van der Waals surface area (Å²) >= 11 is 5.64. The Kier molecular flexibility index (Phi) is 6.61. The minimum Gasteiger partial charge on any atom is -0.457 e. The van der Waals surface area contributed by atoms with Crippen molar-refractivity contribution in [1.82, 2.24) is 10.3 Å². The number of carbonyl (C=O) groups is 2. The zero-order chi connectivity index (χ0) is 25.2. The molecule has 2 amide bonds. The van der Waals surface area contributed by atoms with Crippen LogP contribution < -0.4 is 15.4 Å². The van der Waals surface area contributed by atoms with Crippen molar-refractivity contribution in [1.29, 1.82) is 0 Å². The average Bonchev–Trinajstić information content (AvgIpc) is 2.83. The van der Waals surface area contributed by atoms with E-state index in [0.29, 0.717) is 28.0 Å². The van der Waals surface area contributed by atoms with E-state index in [9.17, 15) is 22.8 Å². The van der Waals surface area contributed by atoms with Crippen LogP contribution >= 0.6 is 11.6 Å². The zero-order valence-electron chi connectivity index (χ0n) is 18.1. The molecule has 4 aromatic rings. The SMILES string of the molecule is CNC(=O)c1cc(Oc2ccc3c(NC(=O)c4ccc(Cl)c(C(F)(F)F)c4)cccc3c2)ccn1. The normalized spacial score (nSPS) is 11.2. The van der Waals surface area contributed by atoms with Gasteiger partial charge in [-0.3, -0.25) is 14.6 Å². The second-order valence-electron chi connectivity index (χ2n) is 7.39. The van der Waals surface area contributed by atoms with Crippen molar-refractivity contribution in [2.45, 2.75) is 6.18 Å². The van der Waals surface area contributed by atoms with E-state index in [1.807, 2.05) is 0 Å². The average molecular weight is 500 g/mol. The minimum absolute atomic E-state index is 0.178. The van der Waals surface area contributed by atoms with E-state index in [-0.39, 0.29) is 17.2 Å². The second kappa shape index (κ2) is 9.63. The number of alkyl halides is 3. The quantitative estimate of drug-likeness (QED) is 0.337. The van der Waals surface area contributed by atoms with Gasteiger partial charge in [0, 0.05) is 35.9 Å². The fourth-order valence-electron chi connectivity index (χ4n) is 3.38. The lowest BCUT2D eigenvalue weighted by atomic mass is 10.1. The van der Waals surface area contributed by atoms with Crippen LogP contribution in [0.4, 0.5) is 18.9 Å². The number of nitrogens with zero attached hydrogens (tertiary/aromatic N) is 1. The third-order valence-corrected chi connectivity index (χ3v) is 5.39. The van der Waals surface area contributed by atoms with Crippen molar-refractivity contribution in [2.75, 3.05) is 12.4 Å². The first-order chi connectivity index (χ1) is 16.7. The first-order valence-electron chi connectivity index (χ1n) is 10.2. The van der Waals surface area contributed by atoms with Crippen LogP contribution in [0.2, 0.25) is 5.02 Å². The van der Waals surface area contributed by atoms with Crippen molar-refractivity contribution < 1.29 is 27.5 Å². The van der Waals surface area contributed by atoms with Gasteiger partial charge in [-0.25, -0.2) is 0 Å². The number of aromatic nitrogens is 1. The van der Waals surface area contributed by atoms with Crippen LogP contribution in [0.5, 0.6) is 11.5 Å². The van der Waals surface area contributed by atoms with Crippen LogP contribution in [0, 0.1) is 0 Å². The van der Waals surface area contributed by atoms with Gasteiger partial charge in [0.05, 0.1) is 10.6 Å². The molecule has 0 radical (unpaired) electrons. The van der Waals surface area contributed by atoms with Crippen LogP contribution in [0.1, 0.15) is 26.4 Å². The molecule has 0 saturated carbocycles. The Morgan fingerprint density at radius 1 is 0.943 bits per heavy atom. The number of ether oxygens (including phenoxy) is 1. The van der Waals surface area contributed by atoms with Crippen molar-refractivity contribution in [2.24, 2.45) is 0 Å². The fraction of sp³-hybridized carbons (Fsp3) is 0.0800. The van der Waals surface area contributed by atoms with Crippen molar-refractivity contribution >= 4 is 39.9 Å². The molecule has 6 nitrogen and oxygen atoms in total. The van der Waals surface area contributed by atoms with Crippen molar-refractivity contribution in [3.8, 4) is 11.5 Å². The van der Waals surface area contributed by atoms with Crippen LogP contribution in [-0.2, 0) is 6.18 Å². The molecule has 0 fully saturated rings. The molecule has 10 heteroatoms. The van der Waals surface area contributed by atoms with Crippen LogP contribution in [0.3, 0.4) is 0 Å². The van der Waals surface area contributed by atoms with E-state index < -0.39 is 22.7 Å². The molecule has 0 saturated heterocycles. The van der Waals surface area contributed by atoms with E-state index >= 15 is 0 Å². The van der Waals surface area contributed by atoms with Gasteiger partial charge in [-0.15, -0.1) is 0 Å². The summed E-state index contributed by atoms with van der Waals surface area (Å²) in [6, 6.07) is 16.3. The molecule has 3 aromatic carbocycles. The van der Waals surface area contributed by atoms with Gasteiger partial charge in [-0.2, -0.15) is 13.2 Å². The Hall–Kier alpha value is -4.11. The Balaban J connectivity index is 1.58. The number of amides is 2. The van der Waals surface area contributed by atoms with E-state index in [2.05, 4.69) is 15.6 Å². The Bertz CT molecular complexity index is 1440. The predicted octanol–water partition coefficient (Wildman–Crippen LogP) is 6.31. The molecular weight excluding hydrogens is 483 g/mol. The number of fused-ring (bicyclic) bond motifs is 1. The Morgan fingerprint density at radius 3 is 2.46 bits per heavy atom. The number of carbonyl (C=O) groups excluding carboxylic acids is 2. The van der Waals surface area contributed by atoms with Gasteiger partial charge < -0.3 is 15.4 Å². The molecule has 1 heterocycles. The van der Waals surface area contributed by atoms with Crippen LogP contribution in [0.25, 0.3) is 10.8 Å². The van der Waals surface area contributed by atoms with E-state index in [0.717, 1.165) is 12.1 Å². The minimum atomic E-state index is -4.68. The van der Waals surface area contributed by atoms with Gasteiger partial charge in [0.25, 0.3) is 11.8 Å². The fourth-order valence-corrected chi connectivity index (χ4v) is 3.60. The molecular formula is C25H17ClF3N3O3. The molecule has 0 aliphatic rings. The van der Waals surface area contributed by atoms with Crippen molar-refractivity contribution in [3.05, 3.63) is 94.8 Å². The number of hydrogen-bond donors (Lipinski definition) is 2. The van der Waals surface area contributed by atoms with Gasteiger partial charge in [-0.1, -0.05) is 23.7 Å². The molecule has 0 aliphatic heterocycles. The van der Waals surface area contributed by atoms with Gasteiger partial charge in [0.1, 0.15) is 17.2 Å². The highest BCUT2D eigenvalue weighted by Gasteiger charge is 2.33. The molecule has 0 unspecified atom stereocenters. The van der Waals surface area contributed by atoms with Gasteiger partial charge in [0.15, 0.2) is 0 Å². The summed E-state index contributed by atoms with van der Waals surface area (Å²) in [6.45, 7) is 0. The Morgan fingerprint density at radius 2 is 1.71 bits per heavy atom. The van der Waals surface area contributed by atoms with E-state index in [4.69, 9.17) is 16.3 Å². The molecule has 0 aliphatic carbocycles. The number of hydrogen-bond acceptors (Lipinski definition) is 4. The molecule has 0 atom stereocenters. The summed E-state index contributed by atoms with van der Waals surface area (Å²) in [5.41, 5.74) is -0.648. The predicted molar refractivity (Wildman–Crippen MR) is 126 cm³/mol. The molecule has 0 bridgehead atoms. The zero-order valence-corrected chi connectivity index (χ0v) is 18.9. The summed E-state index contributed by atoms with van der Waals surface area (Å²) in [5, 5.41) is 6.03. The van der Waals surface area contributed by atoms with E-state index in [1.165, 1.54) is 25.4 Å². The summed E-state index contributed by atoms with van der Waals surface area (Å²) in [4.78, 5) is 28.5. The number of halogens is 4. The first kappa shape index (κ1) is 24.0. The first-order valence-corrected chi connectivity index (χ1v) is 10.6. The van der Waals surface area contributed by atoms with Crippen molar-refractivity contribution in [3.63, 3.8) is 0 Å². The highest BCUT2D eigenvalue weighted by molar-refractivity contribution is 6.31. The molecule has 35 heavy (non-hydrogen) atoms. The summed E-state index contributed by atoms with van der Waals surface area (Å²) in [7, 11) is 1.50. The number of anilines is 1. The lowest BCUT2D eigenvalue weighted by molar-refractivity contribution is -0.137. The highest BCUT2D eigenvalue weighted by atomic mass is 35.5. The number of rotatable bonds is 5. The molecule has 1 aromatic heterocycles. The lowest BCUT2D eigenvalue weighted by Gasteiger charge is -2.13. The van der Waals surface area contributed by atoms with Crippen LogP contribution in [-0.4, -0.2) is 23.8 Å². The molecule has 4 rings (SSSR count). The number of benzene rings is 3. The number of nitrogens with one attached hydrogen (secondary N) is 2. The third kappa shape index (κ3) is 5.36. The summed E-state index contributed by atoms with van der Waals surface area (Å²) < 4.78 is 45.3. The molecule has 178 valence electrons. The van der Waals surface area contributed by atoms with Crippen LogP contribution in [0.15, 0.2) is 72.9 Å². The number of pyridine rings is 1. The standard InChI is InChI=1S/C25H17ClF3N3O3/c1-30-24(34)22-13-17(9-10-31-22)35-16-6-7-18-14(11-16)3-2-4-21(18)32-23(33)15-5-8-20(26)19(12-15)25(27,28)29/h2-13H,1H3,(H,30,34)(H,32,33). The summed E-state index contributed by atoms with van der Waals surface area (Å²) in [5.74, 6) is -0.177. The topological polar surface area (TPSA) is 80.3 Å². The molecule has 0 spiro atoms. The smallest absolute Gasteiger partial charge is 0.417 e. The maximum absolute atomic E-state index is 13.1. The largest absolute Gasteiger partial charge is 0.457 e. The highest BCUT2D eigenvalue weighted by Crippen LogP contribution is 2.35. The lowest BCUT2D eigenvalue weighted by Crippen LogP contribution is -2.18. The molecule has 2 N–H and O–H groups in total. The van der Waals surface area contributed by atoms with E-state index in [1.54, 1.807) is 42.5 Å².